The van der Waals surface area contributed by atoms with Gasteiger partial charge in [0.1, 0.15) is 5.82 Å². The van der Waals surface area contributed by atoms with Gasteiger partial charge in [0.15, 0.2) is 0 Å². The maximum atomic E-state index is 13.7. The molecule has 0 radical (unpaired) electrons. The van der Waals surface area contributed by atoms with Crippen molar-refractivity contribution < 1.29 is 18.7 Å². The Balaban J connectivity index is 1.55. The lowest BCUT2D eigenvalue weighted by molar-refractivity contribution is -0.134. The Bertz CT molecular complexity index is 1270. The van der Waals surface area contributed by atoms with Crippen LogP contribution < -0.4 is 4.90 Å². The molecular formula is C32H32FNO3. The minimum Gasteiger partial charge on any atom is -0.466 e. The minimum absolute atomic E-state index is 0.0245. The topological polar surface area (TPSA) is 46.6 Å². The molecule has 4 nitrogen and oxygen atoms in total. The second-order valence-corrected chi connectivity index (χ2v) is 9.34. The number of esters is 1. The van der Waals surface area contributed by atoms with Crippen LogP contribution in [0.1, 0.15) is 54.4 Å². The van der Waals surface area contributed by atoms with Gasteiger partial charge in [-0.2, -0.15) is 0 Å². The first kappa shape index (κ1) is 26.1. The van der Waals surface area contributed by atoms with Crippen LogP contribution in [0.4, 0.5) is 10.1 Å². The predicted molar refractivity (Wildman–Crippen MR) is 147 cm³/mol. The van der Waals surface area contributed by atoms with Crippen LogP contribution in [0.3, 0.4) is 0 Å². The number of anilines is 1. The van der Waals surface area contributed by atoms with Crippen LogP contribution in [0.5, 0.6) is 0 Å². The van der Waals surface area contributed by atoms with Crippen LogP contribution in [-0.4, -0.2) is 19.0 Å². The van der Waals surface area contributed by atoms with Crippen molar-refractivity contribution >= 4 is 35.8 Å². The number of ether oxygens (including phenoxy) is 1. The maximum Gasteiger partial charge on any atom is 0.330 e. The second kappa shape index (κ2) is 12.8. The van der Waals surface area contributed by atoms with Gasteiger partial charge in [0, 0.05) is 17.7 Å². The van der Waals surface area contributed by atoms with E-state index in [2.05, 4.69) is 0 Å². The lowest BCUT2D eigenvalue weighted by Gasteiger charge is -2.30. The third kappa shape index (κ3) is 7.50. The molecule has 0 bridgehead atoms. The van der Waals surface area contributed by atoms with Crippen molar-refractivity contribution in [1.82, 2.24) is 0 Å². The van der Waals surface area contributed by atoms with E-state index in [0.29, 0.717) is 6.54 Å². The number of halogens is 1. The molecule has 1 aliphatic rings. The quantitative estimate of drug-likeness (QED) is 0.186. The number of benzene rings is 3. The summed E-state index contributed by atoms with van der Waals surface area (Å²) in [6.45, 7) is 0.452. The zero-order valence-corrected chi connectivity index (χ0v) is 21.1. The molecule has 0 spiro atoms. The molecule has 1 saturated carbocycles. The van der Waals surface area contributed by atoms with E-state index in [1.807, 2.05) is 71.6 Å². The lowest BCUT2D eigenvalue weighted by atomic mass is 9.88. The van der Waals surface area contributed by atoms with Crippen LogP contribution in [0, 0.1) is 11.7 Å². The van der Waals surface area contributed by atoms with Gasteiger partial charge in [-0.05, 0) is 65.4 Å². The Hall–Kier alpha value is -3.99. The summed E-state index contributed by atoms with van der Waals surface area (Å²) in [4.78, 5) is 27.1. The van der Waals surface area contributed by atoms with Crippen LogP contribution in [-0.2, 0) is 20.9 Å². The summed E-state index contributed by atoms with van der Waals surface area (Å²) in [7, 11) is 1.34. The molecule has 0 unspecified atom stereocenters. The minimum atomic E-state index is -0.424. The smallest absolute Gasteiger partial charge is 0.330 e. The Morgan fingerprint density at radius 2 is 1.54 bits per heavy atom. The fourth-order valence-electron chi connectivity index (χ4n) is 4.61. The van der Waals surface area contributed by atoms with E-state index in [0.717, 1.165) is 53.6 Å². The highest BCUT2D eigenvalue weighted by atomic mass is 19.1. The number of amides is 1. The molecule has 190 valence electrons. The van der Waals surface area contributed by atoms with Crippen molar-refractivity contribution in [2.45, 2.75) is 38.6 Å². The largest absolute Gasteiger partial charge is 0.466 e. The first-order valence-electron chi connectivity index (χ1n) is 12.7. The zero-order chi connectivity index (χ0) is 26.0. The molecule has 1 fully saturated rings. The first-order valence-corrected chi connectivity index (χ1v) is 12.7. The molecule has 1 amide bonds. The van der Waals surface area contributed by atoms with Gasteiger partial charge in [0.25, 0.3) is 0 Å². The Morgan fingerprint density at radius 1 is 0.865 bits per heavy atom. The fourth-order valence-corrected chi connectivity index (χ4v) is 4.61. The van der Waals surface area contributed by atoms with Crippen molar-refractivity contribution in [2.24, 2.45) is 5.92 Å². The molecule has 4 rings (SSSR count). The highest BCUT2D eigenvalue weighted by Gasteiger charge is 2.27. The van der Waals surface area contributed by atoms with E-state index in [4.69, 9.17) is 4.74 Å². The van der Waals surface area contributed by atoms with Gasteiger partial charge >= 0.3 is 5.97 Å². The Morgan fingerprint density at radius 3 is 2.24 bits per heavy atom. The highest BCUT2D eigenvalue weighted by molar-refractivity contribution is 5.95. The number of rotatable bonds is 8. The lowest BCUT2D eigenvalue weighted by Crippen LogP contribution is -2.36. The van der Waals surface area contributed by atoms with Crippen molar-refractivity contribution in [1.29, 1.82) is 0 Å². The van der Waals surface area contributed by atoms with Gasteiger partial charge in [-0.25, -0.2) is 9.18 Å². The molecule has 37 heavy (non-hydrogen) atoms. The zero-order valence-electron chi connectivity index (χ0n) is 21.1. The summed E-state index contributed by atoms with van der Waals surface area (Å²) in [6, 6.07) is 22.2. The molecular weight excluding hydrogens is 465 g/mol. The van der Waals surface area contributed by atoms with E-state index in [1.165, 1.54) is 31.7 Å². The second-order valence-electron chi connectivity index (χ2n) is 9.34. The van der Waals surface area contributed by atoms with Gasteiger partial charge in [-0.1, -0.05) is 79.9 Å². The van der Waals surface area contributed by atoms with Crippen molar-refractivity contribution in [2.75, 3.05) is 12.0 Å². The van der Waals surface area contributed by atoms with E-state index >= 15 is 0 Å². The molecule has 0 saturated heterocycles. The van der Waals surface area contributed by atoms with Crippen molar-refractivity contribution in [3.63, 3.8) is 0 Å². The molecule has 5 heteroatoms. The van der Waals surface area contributed by atoms with Crippen LogP contribution in [0.15, 0.2) is 78.9 Å². The number of carbonyl (C=O) groups excluding carboxylic acids is 2. The van der Waals surface area contributed by atoms with E-state index in [1.54, 1.807) is 12.1 Å². The maximum absolute atomic E-state index is 13.7. The molecule has 3 aromatic carbocycles. The average Bonchev–Trinajstić information content (AvgIpc) is 2.94. The molecule has 1 aliphatic carbocycles. The Labute approximate surface area is 218 Å². The SMILES string of the molecule is COC(=O)/C=C/c1cccc(N(Cc2ccc(/C=C/c3cccc(F)c3)cc2)C(=O)C2CCCCC2)c1. The summed E-state index contributed by atoms with van der Waals surface area (Å²) < 4.78 is 18.1. The summed E-state index contributed by atoms with van der Waals surface area (Å²) in [5, 5.41) is 0. The van der Waals surface area contributed by atoms with Gasteiger partial charge in [-0.15, -0.1) is 0 Å². The molecule has 0 aromatic heterocycles. The predicted octanol–water partition coefficient (Wildman–Crippen LogP) is 7.30. The number of hydrogen-bond donors (Lipinski definition) is 0. The van der Waals surface area contributed by atoms with Crippen molar-refractivity contribution in [3.05, 3.63) is 107 Å². The van der Waals surface area contributed by atoms with E-state index in [9.17, 15) is 14.0 Å². The summed E-state index contributed by atoms with van der Waals surface area (Å²) in [6.07, 6.45) is 12.1. The number of methoxy groups -OCH3 is 1. The summed E-state index contributed by atoms with van der Waals surface area (Å²) in [5.74, 6) is -0.516. The monoisotopic (exact) mass is 497 g/mol. The summed E-state index contributed by atoms with van der Waals surface area (Å²) in [5.41, 5.74) is 4.44. The molecule has 0 aliphatic heterocycles. The third-order valence-electron chi connectivity index (χ3n) is 6.65. The van der Waals surface area contributed by atoms with Gasteiger partial charge in [0.05, 0.1) is 13.7 Å². The summed E-state index contributed by atoms with van der Waals surface area (Å²) >= 11 is 0. The molecule has 3 aromatic rings. The number of carbonyl (C=O) groups is 2. The normalized spacial score (nSPS) is 14.2. The first-order chi connectivity index (χ1) is 18.0. The van der Waals surface area contributed by atoms with Crippen molar-refractivity contribution in [3.8, 4) is 0 Å². The van der Waals surface area contributed by atoms with Gasteiger partial charge in [-0.3, -0.25) is 4.79 Å². The molecule has 0 N–H and O–H groups in total. The standard InChI is InChI=1S/C32H32FNO3/c1-37-31(35)20-19-26-8-6-12-30(22-26)34(32(36)28-9-3-2-4-10-28)23-27-17-14-24(15-18-27)13-16-25-7-5-11-29(33)21-25/h5-8,11-22,28H,2-4,9-10,23H2,1H3/b16-13+,20-19+. The van der Waals surface area contributed by atoms with Gasteiger partial charge in [0.2, 0.25) is 5.91 Å². The molecule has 0 heterocycles. The average molecular weight is 498 g/mol. The van der Waals surface area contributed by atoms with Crippen LogP contribution in [0.2, 0.25) is 0 Å². The van der Waals surface area contributed by atoms with Gasteiger partial charge < -0.3 is 9.64 Å². The Kier molecular flexibility index (Phi) is 9.03. The van der Waals surface area contributed by atoms with E-state index < -0.39 is 5.97 Å². The third-order valence-corrected chi connectivity index (χ3v) is 6.65. The van der Waals surface area contributed by atoms with Crippen LogP contribution in [0.25, 0.3) is 18.2 Å². The van der Waals surface area contributed by atoms with Crippen LogP contribution >= 0.6 is 0 Å². The number of nitrogens with zero attached hydrogens (tertiary/aromatic N) is 1. The fraction of sp³-hybridized carbons (Fsp3) is 0.250. The van der Waals surface area contributed by atoms with E-state index in [-0.39, 0.29) is 17.6 Å². The molecule has 0 atom stereocenters. The highest BCUT2D eigenvalue weighted by Crippen LogP contribution is 2.29. The number of hydrogen-bond acceptors (Lipinski definition) is 3.